The number of rotatable bonds is 6. The molecule has 0 radical (unpaired) electrons. The summed E-state index contributed by atoms with van der Waals surface area (Å²) < 4.78 is 14.2. The van der Waals surface area contributed by atoms with E-state index in [-0.39, 0.29) is 17.9 Å². The summed E-state index contributed by atoms with van der Waals surface area (Å²) in [5, 5.41) is 9.58. The van der Waals surface area contributed by atoms with E-state index in [2.05, 4.69) is 57.9 Å². The van der Waals surface area contributed by atoms with Crippen molar-refractivity contribution >= 4 is 40.0 Å². The van der Waals surface area contributed by atoms with Crippen LogP contribution >= 0.6 is 23.6 Å². The first-order chi connectivity index (χ1) is 15.5. The van der Waals surface area contributed by atoms with Crippen LogP contribution in [0.3, 0.4) is 0 Å². The van der Waals surface area contributed by atoms with Crippen LogP contribution in [0.5, 0.6) is 0 Å². The van der Waals surface area contributed by atoms with Gasteiger partial charge in [-0.25, -0.2) is 4.39 Å². The first kappa shape index (κ1) is 22.7. The number of aryl methyl sites for hydroxylation is 1. The molecule has 1 fully saturated rings. The molecule has 1 aliphatic rings. The van der Waals surface area contributed by atoms with Crippen LogP contribution in [0.15, 0.2) is 66.0 Å². The van der Waals surface area contributed by atoms with Crippen molar-refractivity contribution < 1.29 is 4.39 Å². The van der Waals surface area contributed by atoms with Crippen molar-refractivity contribution in [2.24, 2.45) is 0 Å². The predicted octanol–water partition coefficient (Wildman–Crippen LogP) is 5.43. The molecule has 4 rings (SSSR count). The molecule has 2 atom stereocenters. The number of halogens is 1. The van der Waals surface area contributed by atoms with Gasteiger partial charge in [0.1, 0.15) is 5.82 Å². The van der Waals surface area contributed by atoms with E-state index in [1.807, 2.05) is 30.3 Å². The van der Waals surface area contributed by atoms with Crippen molar-refractivity contribution in [3.05, 3.63) is 82.3 Å². The van der Waals surface area contributed by atoms with Gasteiger partial charge in [0.05, 0.1) is 11.7 Å². The molecule has 1 aromatic heterocycles. The molecule has 0 spiro atoms. The Morgan fingerprint density at radius 3 is 2.41 bits per heavy atom. The van der Waals surface area contributed by atoms with Crippen molar-refractivity contribution in [3.63, 3.8) is 0 Å². The fourth-order valence-corrected chi connectivity index (χ4v) is 5.57. The smallest absolute Gasteiger partial charge is 0.171 e. The average Bonchev–Trinajstić information content (AvgIpc) is 3.31. The number of piperazine rings is 1. The quantitative estimate of drug-likeness (QED) is 0.471. The number of thiophene rings is 1. The lowest BCUT2D eigenvalue weighted by molar-refractivity contribution is 0.163. The molecule has 0 amide bonds. The highest BCUT2D eigenvalue weighted by atomic mass is 32.1. The maximum Gasteiger partial charge on any atom is 0.171 e. The fourth-order valence-electron chi connectivity index (χ4n) is 4.31. The van der Waals surface area contributed by atoms with Crippen molar-refractivity contribution in [3.8, 4) is 0 Å². The van der Waals surface area contributed by atoms with E-state index in [0.717, 1.165) is 37.4 Å². The second kappa shape index (κ2) is 10.4. The lowest BCUT2D eigenvalue weighted by atomic mass is 10.0. The molecule has 2 N–H and O–H groups in total. The van der Waals surface area contributed by atoms with Gasteiger partial charge >= 0.3 is 0 Å². The van der Waals surface area contributed by atoms with Crippen LogP contribution in [0.4, 0.5) is 15.8 Å². The zero-order valence-electron chi connectivity index (χ0n) is 18.4. The highest BCUT2D eigenvalue weighted by molar-refractivity contribution is 7.80. The summed E-state index contributed by atoms with van der Waals surface area (Å²) in [6.07, 6.45) is 0. The van der Waals surface area contributed by atoms with E-state index in [1.165, 1.54) is 10.9 Å². The topological polar surface area (TPSA) is 30.5 Å². The molecule has 2 heterocycles. The van der Waals surface area contributed by atoms with Crippen LogP contribution in [0.1, 0.15) is 23.4 Å². The monoisotopic (exact) mass is 468 g/mol. The van der Waals surface area contributed by atoms with E-state index in [1.54, 1.807) is 17.4 Å². The Morgan fingerprint density at radius 1 is 1.00 bits per heavy atom. The largest absolute Gasteiger partial charge is 0.367 e. The minimum Gasteiger partial charge on any atom is -0.367 e. The number of nitrogens with zero attached hydrogens (tertiary/aromatic N) is 2. The molecular weight excluding hydrogens is 439 g/mol. The molecule has 0 bridgehead atoms. The summed E-state index contributed by atoms with van der Waals surface area (Å²) in [4.78, 5) is 5.93. The molecule has 3 aromatic rings. The summed E-state index contributed by atoms with van der Waals surface area (Å²) in [6.45, 7) is 7.56. The van der Waals surface area contributed by atoms with Crippen LogP contribution in [0.2, 0.25) is 0 Å². The van der Waals surface area contributed by atoms with Crippen LogP contribution in [0.25, 0.3) is 0 Å². The van der Waals surface area contributed by atoms with Gasteiger partial charge in [-0.15, -0.1) is 11.3 Å². The third-order valence-electron chi connectivity index (χ3n) is 5.96. The number of anilines is 2. The van der Waals surface area contributed by atoms with E-state index >= 15 is 0 Å². The van der Waals surface area contributed by atoms with Gasteiger partial charge in [0, 0.05) is 42.8 Å². The van der Waals surface area contributed by atoms with E-state index in [4.69, 9.17) is 12.2 Å². The third-order valence-corrected chi connectivity index (χ3v) is 7.12. The number of hydrogen-bond donors (Lipinski definition) is 2. The number of thiocarbonyl (C=S) groups is 1. The first-order valence-electron chi connectivity index (χ1n) is 10.9. The molecule has 1 saturated heterocycles. The summed E-state index contributed by atoms with van der Waals surface area (Å²) >= 11 is 7.40. The van der Waals surface area contributed by atoms with Crippen molar-refractivity contribution in [2.75, 3.05) is 36.4 Å². The molecule has 1 aliphatic heterocycles. The molecule has 2 aromatic carbocycles. The average molecular weight is 469 g/mol. The predicted molar refractivity (Wildman–Crippen MR) is 137 cm³/mol. The van der Waals surface area contributed by atoms with Gasteiger partial charge in [-0.3, -0.25) is 4.90 Å². The highest BCUT2D eigenvalue weighted by Gasteiger charge is 2.31. The highest BCUT2D eigenvalue weighted by Crippen LogP contribution is 2.30. The van der Waals surface area contributed by atoms with Gasteiger partial charge in [-0.05, 0) is 61.3 Å². The van der Waals surface area contributed by atoms with E-state index in [0.29, 0.717) is 10.8 Å². The molecule has 7 heteroatoms. The summed E-state index contributed by atoms with van der Waals surface area (Å²) in [6, 6.07) is 19.7. The zero-order valence-corrected chi connectivity index (χ0v) is 20.1. The van der Waals surface area contributed by atoms with Gasteiger partial charge < -0.3 is 15.5 Å². The molecule has 168 valence electrons. The van der Waals surface area contributed by atoms with Gasteiger partial charge in [-0.2, -0.15) is 0 Å². The minimum absolute atomic E-state index is 0.109. The van der Waals surface area contributed by atoms with Crippen molar-refractivity contribution in [2.45, 2.75) is 25.9 Å². The summed E-state index contributed by atoms with van der Waals surface area (Å²) in [5.74, 6) is -0.154. The Labute approximate surface area is 199 Å². The minimum atomic E-state index is -0.154. The van der Waals surface area contributed by atoms with Crippen LogP contribution < -0.4 is 15.5 Å². The second-order valence-electron chi connectivity index (χ2n) is 8.14. The maximum atomic E-state index is 14.2. The van der Waals surface area contributed by atoms with Crippen LogP contribution in [-0.4, -0.2) is 42.2 Å². The number of benzene rings is 2. The molecule has 0 saturated carbocycles. The van der Waals surface area contributed by atoms with E-state index in [9.17, 15) is 4.39 Å². The number of para-hydroxylation sites is 2. The zero-order chi connectivity index (χ0) is 22.5. The maximum absolute atomic E-state index is 14.2. The van der Waals surface area contributed by atoms with Gasteiger partial charge in [0.2, 0.25) is 0 Å². The number of nitrogens with one attached hydrogen (secondary N) is 2. The van der Waals surface area contributed by atoms with Crippen LogP contribution in [-0.2, 0) is 0 Å². The Hall–Kier alpha value is -2.48. The van der Waals surface area contributed by atoms with Crippen molar-refractivity contribution in [1.29, 1.82) is 0 Å². The molecule has 4 nitrogen and oxygen atoms in total. The lowest BCUT2D eigenvalue weighted by Crippen LogP contribution is -2.52. The SMILES string of the molecule is Cc1ccccc1NC(=S)NC(C)C(c1cccs1)N1CCN(c2ccccc2F)CC1. The molecule has 0 aliphatic carbocycles. The Bertz CT molecular complexity index is 1030. The third kappa shape index (κ3) is 5.28. The van der Waals surface area contributed by atoms with E-state index < -0.39 is 0 Å². The standard InChI is InChI=1S/C25H29FN4S2/c1-18-8-3-5-10-21(18)28-25(31)27-19(2)24(23-12-7-17-32-23)30-15-13-29(14-16-30)22-11-6-4-9-20(22)26/h3-12,17,19,24H,13-16H2,1-2H3,(H2,27,28,31). The lowest BCUT2D eigenvalue weighted by Gasteiger charge is -2.42. The van der Waals surface area contributed by atoms with Gasteiger partial charge in [0.15, 0.2) is 5.11 Å². The van der Waals surface area contributed by atoms with Crippen molar-refractivity contribution in [1.82, 2.24) is 10.2 Å². The van der Waals surface area contributed by atoms with Gasteiger partial charge in [-0.1, -0.05) is 36.4 Å². The Balaban J connectivity index is 1.43. The van der Waals surface area contributed by atoms with Gasteiger partial charge in [0.25, 0.3) is 0 Å². The fraction of sp³-hybridized carbons (Fsp3) is 0.320. The normalized spacial score (nSPS) is 16.4. The summed E-state index contributed by atoms with van der Waals surface area (Å²) in [7, 11) is 0. The molecule has 2 unspecified atom stereocenters. The Morgan fingerprint density at radius 2 is 1.72 bits per heavy atom. The second-order valence-corrected chi connectivity index (χ2v) is 9.52. The summed E-state index contributed by atoms with van der Waals surface area (Å²) in [5.41, 5.74) is 2.86. The first-order valence-corrected chi connectivity index (χ1v) is 12.2. The molecule has 32 heavy (non-hydrogen) atoms. The number of hydrogen-bond acceptors (Lipinski definition) is 4. The van der Waals surface area contributed by atoms with Crippen LogP contribution in [0, 0.1) is 12.7 Å². The molecular formula is C25H29FN4S2. The Kier molecular flexibility index (Phi) is 7.40.